The molecule has 1 aliphatic heterocycles. The summed E-state index contributed by atoms with van der Waals surface area (Å²) in [5, 5.41) is 0. The van der Waals surface area contributed by atoms with Crippen LogP contribution in [0.2, 0.25) is 0 Å². The fourth-order valence-corrected chi connectivity index (χ4v) is 0.954. The first kappa shape index (κ1) is 11.5. The lowest BCUT2D eigenvalue weighted by Gasteiger charge is -2.01. The van der Waals surface area contributed by atoms with E-state index in [4.69, 9.17) is 4.74 Å². The molecule has 1 aliphatic rings. The third-order valence-electron chi connectivity index (χ3n) is 1.50. The average Bonchev–Trinajstić information content (AvgIpc) is 2.37. The Kier molecular flexibility index (Phi) is 5.76. The summed E-state index contributed by atoms with van der Waals surface area (Å²) in [7, 11) is 3.69. The molecule has 0 aromatic carbocycles. The van der Waals surface area contributed by atoms with E-state index in [1.165, 1.54) is 0 Å². The minimum absolute atomic E-state index is 0. The van der Waals surface area contributed by atoms with E-state index in [0.29, 0.717) is 0 Å². The fourth-order valence-electron chi connectivity index (χ4n) is 0.954. The number of hydrogen-bond donors (Lipinski definition) is 0. The smallest absolute Gasteiger partial charge is 0.564 e. The molecule has 0 aromatic rings. The molecule has 0 unspecified atom stereocenters. The highest BCUT2D eigenvalue weighted by Gasteiger charge is 2.26. The number of rotatable bonds is 4. The maximum absolute atomic E-state index is 4.94. The Labute approximate surface area is 80.4 Å². The Hall–Kier alpha value is -0.540. The lowest BCUT2D eigenvalue weighted by Crippen LogP contribution is -3.00. The van der Waals surface area contributed by atoms with Gasteiger partial charge in [-0.25, -0.2) is 0 Å². The molecule has 0 amide bonds. The molecule has 1 rings (SSSR count). The summed E-state index contributed by atoms with van der Waals surface area (Å²) in [6.45, 7) is 4.91. The largest absolute Gasteiger partial charge is 1.00 e. The van der Waals surface area contributed by atoms with Gasteiger partial charge in [-0.15, -0.1) is 9.80 Å². The van der Waals surface area contributed by atoms with Gasteiger partial charge in [-0.2, -0.15) is 0 Å². The van der Waals surface area contributed by atoms with Gasteiger partial charge in [-0.3, -0.25) is 0 Å². The molecule has 0 saturated carbocycles. The molecule has 0 atom stereocenters. The number of ether oxygens (including phenoxy) is 1. The van der Waals surface area contributed by atoms with Gasteiger partial charge in [-0.05, 0) is 6.42 Å². The maximum Gasteiger partial charge on any atom is 0.564 e. The van der Waals surface area contributed by atoms with Crippen molar-refractivity contribution in [3.8, 4) is 0 Å². The van der Waals surface area contributed by atoms with Crippen LogP contribution in [0, 0.1) is 6.67 Å². The van der Waals surface area contributed by atoms with Crippen molar-refractivity contribution in [2.75, 3.05) is 27.3 Å². The highest BCUT2D eigenvalue weighted by atomic mass is 35.5. The van der Waals surface area contributed by atoms with E-state index in [2.05, 4.69) is 6.67 Å². The summed E-state index contributed by atoms with van der Waals surface area (Å²) in [4.78, 5) is 3.94. The predicted molar refractivity (Wildman–Crippen MR) is 43.3 cm³/mol. The molecule has 1 radical (unpaired) electrons. The highest BCUT2D eigenvalue weighted by molar-refractivity contribution is 4.94. The predicted octanol–water partition coefficient (Wildman–Crippen LogP) is -2.26. The monoisotopic (exact) mass is 189 g/mol. The van der Waals surface area contributed by atoms with Crippen molar-refractivity contribution < 1.29 is 17.1 Å². The molecular weight excluding hydrogens is 176 g/mol. The fraction of sp³-hybridized carbons (Fsp3) is 0.625. The second kappa shape index (κ2) is 6.03. The highest BCUT2D eigenvalue weighted by Crippen LogP contribution is 2.08. The zero-order valence-corrected chi connectivity index (χ0v) is 8.21. The molecule has 0 spiro atoms. The van der Waals surface area contributed by atoms with Gasteiger partial charge < -0.3 is 17.1 Å². The van der Waals surface area contributed by atoms with E-state index < -0.39 is 0 Å². The van der Waals surface area contributed by atoms with Crippen molar-refractivity contribution in [1.29, 1.82) is 0 Å². The standard InChI is InChI=1S/C8H14N2O.ClH/c1-9-5-6-10(8-9)4-3-7-11-2;/h5-6H,3-4,7H2,1-2H3;1H/q+1;/p-1. The Bertz CT molecular complexity index is 141. The summed E-state index contributed by atoms with van der Waals surface area (Å²) < 4.78 is 4.94. The van der Waals surface area contributed by atoms with Gasteiger partial charge in [0, 0.05) is 13.7 Å². The molecule has 1 heterocycles. The van der Waals surface area contributed by atoms with Crippen LogP contribution in [0.1, 0.15) is 6.42 Å². The van der Waals surface area contributed by atoms with Crippen LogP contribution < -0.4 is 12.4 Å². The molecule has 0 bridgehead atoms. The number of hydrogen-bond acceptors (Lipinski definition) is 3. The van der Waals surface area contributed by atoms with Gasteiger partial charge >= 0.3 is 6.67 Å². The first-order valence-corrected chi connectivity index (χ1v) is 3.76. The number of halogens is 1. The minimum Gasteiger partial charge on any atom is -1.00 e. The zero-order chi connectivity index (χ0) is 8.10. The first-order chi connectivity index (χ1) is 5.33. The average molecular weight is 190 g/mol. The maximum atomic E-state index is 4.94. The van der Waals surface area contributed by atoms with E-state index in [1.807, 2.05) is 29.2 Å². The molecule has 0 fully saturated rings. The lowest BCUT2D eigenvalue weighted by molar-refractivity contribution is -0.00000276. The molecular formula is C8H14ClN2O. The molecule has 0 aromatic heterocycles. The summed E-state index contributed by atoms with van der Waals surface area (Å²) in [6.07, 6.45) is 5.03. The van der Waals surface area contributed by atoms with Crippen LogP contribution in [0.15, 0.2) is 12.4 Å². The van der Waals surface area contributed by atoms with Gasteiger partial charge in [0.05, 0.1) is 26.0 Å². The summed E-state index contributed by atoms with van der Waals surface area (Å²) in [5.41, 5.74) is 0. The quantitative estimate of drug-likeness (QED) is 0.367. The minimum atomic E-state index is 0. The zero-order valence-electron chi connectivity index (χ0n) is 7.46. The van der Waals surface area contributed by atoms with Crippen molar-refractivity contribution in [2.24, 2.45) is 0 Å². The van der Waals surface area contributed by atoms with Gasteiger partial charge in [0.1, 0.15) is 0 Å². The van der Waals surface area contributed by atoms with Crippen LogP contribution in [0.5, 0.6) is 0 Å². The summed E-state index contributed by atoms with van der Waals surface area (Å²) in [6, 6.07) is 0. The van der Waals surface area contributed by atoms with E-state index in [9.17, 15) is 0 Å². The van der Waals surface area contributed by atoms with E-state index >= 15 is 0 Å². The SMILES string of the molecule is COCCCN1[C+]N(C)C=C1.[Cl-]. The third kappa shape index (κ3) is 3.74. The molecule has 0 saturated heterocycles. The molecule has 3 nitrogen and oxygen atoms in total. The topological polar surface area (TPSA) is 15.7 Å². The van der Waals surface area contributed by atoms with E-state index in [-0.39, 0.29) is 12.4 Å². The molecule has 0 aliphatic carbocycles. The molecule has 4 heteroatoms. The van der Waals surface area contributed by atoms with E-state index in [1.54, 1.807) is 7.11 Å². The second-order valence-corrected chi connectivity index (χ2v) is 2.55. The van der Waals surface area contributed by atoms with Crippen LogP contribution in [0.4, 0.5) is 0 Å². The Morgan fingerprint density at radius 3 is 2.67 bits per heavy atom. The Balaban J connectivity index is 0.00000121. The van der Waals surface area contributed by atoms with Crippen LogP contribution in [-0.2, 0) is 4.74 Å². The molecule has 69 valence electrons. The van der Waals surface area contributed by atoms with E-state index in [0.717, 1.165) is 19.6 Å². The first-order valence-electron chi connectivity index (χ1n) is 3.76. The van der Waals surface area contributed by atoms with Gasteiger partial charge in [0.15, 0.2) is 0 Å². The Morgan fingerprint density at radius 1 is 1.42 bits per heavy atom. The van der Waals surface area contributed by atoms with Crippen molar-refractivity contribution in [1.82, 2.24) is 9.80 Å². The van der Waals surface area contributed by atoms with Crippen molar-refractivity contribution >= 4 is 0 Å². The normalized spacial score (nSPS) is 14.5. The number of nitrogens with zero attached hydrogens (tertiary/aromatic N) is 2. The van der Waals surface area contributed by atoms with Crippen LogP contribution in [0.25, 0.3) is 0 Å². The number of methoxy groups -OCH3 is 1. The van der Waals surface area contributed by atoms with Crippen molar-refractivity contribution in [3.05, 3.63) is 19.1 Å². The van der Waals surface area contributed by atoms with Crippen LogP contribution in [0.3, 0.4) is 0 Å². The van der Waals surface area contributed by atoms with Gasteiger partial charge in [0.2, 0.25) is 0 Å². The van der Waals surface area contributed by atoms with Crippen LogP contribution in [-0.4, -0.2) is 37.1 Å². The summed E-state index contributed by atoms with van der Waals surface area (Å²) in [5.74, 6) is 0. The molecule has 12 heavy (non-hydrogen) atoms. The molecule has 0 N–H and O–H groups in total. The van der Waals surface area contributed by atoms with Gasteiger partial charge in [0.25, 0.3) is 0 Å². The van der Waals surface area contributed by atoms with Crippen LogP contribution >= 0.6 is 0 Å². The van der Waals surface area contributed by atoms with Crippen molar-refractivity contribution in [3.63, 3.8) is 0 Å². The Morgan fingerprint density at radius 2 is 2.17 bits per heavy atom. The van der Waals surface area contributed by atoms with Crippen molar-refractivity contribution in [2.45, 2.75) is 6.42 Å². The summed E-state index contributed by atoms with van der Waals surface area (Å²) >= 11 is 0. The third-order valence-corrected chi connectivity index (χ3v) is 1.50. The van der Waals surface area contributed by atoms with Gasteiger partial charge in [-0.1, -0.05) is 0 Å². The lowest BCUT2D eigenvalue weighted by atomic mass is 10.4. The second-order valence-electron chi connectivity index (χ2n) is 2.55.